The number of hydrogen-bond donors (Lipinski definition) is 1. The van der Waals surface area contributed by atoms with Gasteiger partial charge in [0.05, 0.1) is 7.11 Å². The molecule has 2 N–H and O–H groups in total. The van der Waals surface area contributed by atoms with E-state index in [2.05, 4.69) is 4.98 Å². The van der Waals surface area contributed by atoms with E-state index in [0.717, 1.165) is 0 Å². The second-order valence-corrected chi connectivity index (χ2v) is 3.66. The first-order valence-electron chi connectivity index (χ1n) is 5.25. The van der Waals surface area contributed by atoms with Crippen molar-refractivity contribution in [2.24, 2.45) is 7.05 Å². The lowest BCUT2D eigenvalue weighted by Gasteiger charge is -2.10. The molecule has 18 heavy (non-hydrogen) atoms. The van der Waals surface area contributed by atoms with Gasteiger partial charge in [-0.2, -0.15) is 0 Å². The van der Waals surface area contributed by atoms with E-state index in [-0.39, 0.29) is 11.4 Å². The van der Waals surface area contributed by atoms with Gasteiger partial charge >= 0.3 is 5.56 Å². The van der Waals surface area contributed by atoms with Crippen molar-refractivity contribution >= 4 is 5.69 Å². The number of rotatable bonds is 3. The SMILES string of the molecule is COc1ccc(N)cc1Oc1nccn(C)c1=O. The summed E-state index contributed by atoms with van der Waals surface area (Å²) in [4.78, 5) is 15.6. The first kappa shape index (κ1) is 12.0. The van der Waals surface area contributed by atoms with Gasteiger partial charge in [-0.15, -0.1) is 0 Å². The van der Waals surface area contributed by atoms with E-state index < -0.39 is 0 Å². The molecule has 2 aromatic rings. The summed E-state index contributed by atoms with van der Waals surface area (Å²) >= 11 is 0. The van der Waals surface area contributed by atoms with Gasteiger partial charge in [-0.05, 0) is 12.1 Å². The summed E-state index contributed by atoms with van der Waals surface area (Å²) < 4.78 is 11.9. The van der Waals surface area contributed by atoms with Gasteiger partial charge in [0.15, 0.2) is 11.5 Å². The molecule has 0 unspecified atom stereocenters. The Bertz CT molecular complexity index is 622. The van der Waals surface area contributed by atoms with Crippen LogP contribution >= 0.6 is 0 Å². The minimum Gasteiger partial charge on any atom is -0.493 e. The van der Waals surface area contributed by atoms with Gasteiger partial charge in [-0.25, -0.2) is 4.98 Å². The quantitative estimate of drug-likeness (QED) is 0.823. The molecule has 1 heterocycles. The van der Waals surface area contributed by atoms with Gasteiger partial charge in [0.25, 0.3) is 5.88 Å². The van der Waals surface area contributed by atoms with Crippen LogP contribution in [0.25, 0.3) is 0 Å². The van der Waals surface area contributed by atoms with Crippen LogP contribution in [-0.2, 0) is 7.05 Å². The number of aryl methyl sites for hydroxylation is 1. The van der Waals surface area contributed by atoms with Crippen molar-refractivity contribution < 1.29 is 9.47 Å². The Labute approximate surface area is 104 Å². The van der Waals surface area contributed by atoms with E-state index in [9.17, 15) is 4.79 Å². The van der Waals surface area contributed by atoms with E-state index in [1.165, 1.54) is 17.9 Å². The molecule has 0 aliphatic carbocycles. The average Bonchev–Trinajstić information content (AvgIpc) is 2.35. The topological polar surface area (TPSA) is 79.4 Å². The molecule has 0 spiro atoms. The molecule has 0 saturated heterocycles. The van der Waals surface area contributed by atoms with Gasteiger partial charge < -0.3 is 19.8 Å². The van der Waals surface area contributed by atoms with Crippen LogP contribution in [0.5, 0.6) is 17.4 Å². The van der Waals surface area contributed by atoms with E-state index >= 15 is 0 Å². The van der Waals surface area contributed by atoms with Crippen LogP contribution in [0.3, 0.4) is 0 Å². The van der Waals surface area contributed by atoms with Crippen LogP contribution in [0.2, 0.25) is 0 Å². The highest BCUT2D eigenvalue weighted by atomic mass is 16.5. The van der Waals surface area contributed by atoms with Crippen molar-refractivity contribution in [2.45, 2.75) is 0 Å². The van der Waals surface area contributed by atoms with Crippen LogP contribution < -0.4 is 20.8 Å². The third kappa shape index (κ3) is 2.27. The monoisotopic (exact) mass is 247 g/mol. The molecule has 0 aliphatic heterocycles. The Hall–Kier alpha value is -2.50. The molecule has 0 bridgehead atoms. The average molecular weight is 247 g/mol. The first-order valence-corrected chi connectivity index (χ1v) is 5.25. The Morgan fingerprint density at radius 2 is 2.11 bits per heavy atom. The second-order valence-electron chi connectivity index (χ2n) is 3.66. The molecular weight excluding hydrogens is 234 g/mol. The van der Waals surface area contributed by atoms with Crippen molar-refractivity contribution in [3.05, 3.63) is 40.9 Å². The number of hydrogen-bond acceptors (Lipinski definition) is 5. The highest BCUT2D eigenvalue weighted by molar-refractivity contribution is 5.52. The number of aromatic nitrogens is 2. The van der Waals surface area contributed by atoms with Crippen LogP contribution in [0.15, 0.2) is 35.4 Å². The van der Waals surface area contributed by atoms with Crippen molar-refractivity contribution in [3.63, 3.8) is 0 Å². The number of nitrogens with zero attached hydrogens (tertiary/aromatic N) is 2. The van der Waals surface area contributed by atoms with Gasteiger partial charge in [0.2, 0.25) is 0 Å². The Balaban J connectivity index is 2.42. The number of benzene rings is 1. The maximum Gasteiger partial charge on any atom is 0.313 e. The summed E-state index contributed by atoms with van der Waals surface area (Å²) in [7, 11) is 3.13. The zero-order valence-electron chi connectivity index (χ0n) is 10.1. The summed E-state index contributed by atoms with van der Waals surface area (Å²) in [6.07, 6.45) is 3.03. The molecule has 94 valence electrons. The molecule has 1 aromatic carbocycles. The lowest BCUT2D eigenvalue weighted by atomic mass is 10.3. The zero-order chi connectivity index (χ0) is 13.1. The minimum absolute atomic E-state index is 0.0242. The summed E-state index contributed by atoms with van der Waals surface area (Å²) in [5.74, 6) is 0.814. The third-order valence-corrected chi connectivity index (χ3v) is 2.38. The van der Waals surface area contributed by atoms with E-state index in [0.29, 0.717) is 17.2 Å². The van der Waals surface area contributed by atoms with Crippen LogP contribution in [0, 0.1) is 0 Å². The lowest BCUT2D eigenvalue weighted by Crippen LogP contribution is -2.18. The molecule has 0 radical (unpaired) electrons. The van der Waals surface area contributed by atoms with Gasteiger partial charge in [0.1, 0.15) is 0 Å². The minimum atomic E-state index is -0.332. The summed E-state index contributed by atoms with van der Waals surface area (Å²) in [5, 5.41) is 0. The van der Waals surface area contributed by atoms with Crippen LogP contribution in [-0.4, -0.2) is 16.7 Å². The smallest absolute Gasteiger partial charge is 0.313 e. The highest BCUT2D eigenvalue weighted by Gasteiger charge is 2.10. The predicted octanol–water partition coefficient (Wildman–Crippen LogP) is 1.16. The van der Waals surface area contributed by atoms with Crippen molar-refractivity contribution in [1.29, 1.82) is 0 Å². The summed E-state index contributed by atoms with van der Waals surface area (Å²) in [5.41, 5.74) is 5.85. The maximum atomic E-state index is 11.8. The highest BCUT2D eigenvalue weighted by Crippen LogP contribution is 2.31. The van der Waals surface area contributed by atoms with Crippen molar-refractivity contribution in [2.75, 3.05) is 12.8 Å². The Morgan fingerprint density at radius 1 is 1.33 bits per heavy atom. The zero-order valence-corrected chi connectivity index (χ0v) is 10.1. The molecule has 2 rings (SSSR count). The molecule has 0 aliphatic rings. The van der Waals surface area contributed by atoms with Gasteiger partial charge in [0, 0.05) is 31.2 Å². The molecule has 1 aromatic heterocycles. The van der Waals surface area contributed by atoms with Crippen molar-refractivity contribution in [3.8, 4) is 17.4 Å². The van der Waals surface area contributed by atoms with Crippen LogP contribution in [0.4, 0.5) is 5.69 Å². The van der Waals surface area contributed by atoms with E-state index in [1.807, 2.05) is 0 Å². The molecule has 6 nitrogen and oxygen atoms in total. The number of nitrogens with two attached hydrogens (primary N) is 1. The predicted molar refractivity (Wildman–Crippen MR) is 67.0 cm³/mol. The maximum absolute atomic E-state index is 11.8. The first-order chi connectivity index (χ1) is 8.61. The van der Waals surface area contributed by atoms with E-state index in [4.69, 9.17) is 15.2 Å². The molecule has 0 fully saturated rings. The fourth-order valence-corrected chi connectivity index (χ4v) is 1.42. The molecule has 0 amide bonds. The molecule has 0 atom stereocenters. The number of methoxy groups -OCH3 is 1. The fourth-order valence-electron chi connectivity index (χ4n) is 1.42. The van der Waals surface area contributed by atoms with Gasteiger partial charge in [-0.3, -0.25) is 4.79 Å². The largest absolute Gasteiger partial charge is 0.493 e. The Morgan fingerprint density at radius 3 is 2.83 bits per heavy atom. The van der Waals surface area contributed by atoms with Crippen molar-refractivity contribution in [1.82, 2.24) is 9.55 Å². The molecular formula is C12H13N3O3. The summed E-state index contributed by atoms with van der Waals surface area (Å²) in [6.45, 7) is 0. The molecule has 6 heteroatoms. The number of anilines is 1. The normalized spacial score (nSPS) is 10.1. The number of nitrogen functional groups attached to an aromatic ring is 1. The number of ether oxygens (including phenoxy) is 2. The lowest BCUT2D eigenvalue weighted by molar-refractivity contribution is 0.371. The third-order valence-electron chi connectivity index (χ3n) is 2.38. The standard InChI is InChI=1S/C12H13N3O3/c1-15-6-5-14-11(12(15)16)18-10-7-8(13)3-4-9(10)17-2/h3-7H,13H2,1-2H3. The van der Waals surface area contributed by atoms with Crippen LogP contribution in [0.1, 0.15) is 0 Å². The fraction of sp³-hybridized carbons (Fsp3) is 0.167. The Kier molecular flexibility index (Phi) is 3.18. The van der Waals surface area contributed by atoms with E-state index in [1.54, 1.807) is 31.4 Å². The molecule has 0 saturated carbocycles. The second kappa shape index (κ2) is 4.79. The van der Waals surface area contributed by atoms with Gasteiger partial charge in [-0.1, -0.05) is 0 Å². The summed E-state index contributed by atoms with van der Waals surface area (Å²) in [6, 6.07) is 4.92.